The number of hydrogen-bond donors (Lipinski definition) is 1. The van der Waals surface area contributed by atoms with Gasteiger partial charge in [0, 0.05) is 12.8 Å². The normalized spacial score (nSPS) is 45.2. The minimum atomic E-state index is -0.111. The van der Waals surface area contributed by atoms with E-state index in [4.69, 9.17) is 0 Å². The predicted molar refractivity (Wildman–Crippen MR) is 119 cm³/mol. The van der Waals surface area contributed by atoms with Crippen molar-refractivity contribution in [1.82, 2.24) is 0 Å². The monoisotopic (exact) mass is 400 g/mol. The second kappa shape index (κ2) is 7.81. The molecule has 29 heavy (non-hydrogen) atoms. The summed E-state index contributed by atoms with van der Waals surface area (Å²) in [7, 11) is 0. The summed E-state index contributed by atoms with van der Waals surface area (Å²) in [4.78, 5) is 12.5. The molecule has 1 N–H and O–H groups in total. The average Bonchev–Trinajstić information content (AvgIpc) is 2.99. The number of aliphatic hydroxyl groups is 1. The lowest BCUT2D eigenvalue weighted by Gasteiger charge is -2.58. The standard InChI is InChI=1S/C27H44O2/c1-17(2)14-21(29)15-18(3)23-8-9-24-22-7-6-19-16-20(28)10-12-26(19,4)25(22)11-13-27(23,24)5/h6,17-18,20,22-25,28H,7-16H2,1-5H3/t18-,20+,22+,23-,24+,25+,26+,27-/m1/s1. The molecular formula is C27H44O2. The molecule has 3 fully saturated rings. The van der Waals surface area contributed by atoms with Gasteiger partial charge in [-0.25, -0.2) is 0 Å². The quantitative estimate of drug-likeness (QED) is 0.530. The first-order chi connectivity index (χ1) is 13.6. The molecule has 4 aliphatic rings. The van der Waals surface area contributed by atoms with Crippen molar-refractivity contribution < 1.29 is 9.90 Å². The van der Waals surface area contributed by atoms with Crippen LogP contribution in [0.3, 0.4) is 0 Å². The van der Waals surface area contributed by atoms with Gasteiger partial charge in [-0.15, -0.1) is 0 Å². The fourth-order valence-electron chi connectivity index (χ4n) is 8.66. The topological polar surface area (TPSA) is 37.3 Å². The highest BCUT2D eigenvalue weighted by Crippen LogP contribution is 2.67. The molecule has 0 aromatic heterocycles. The summed E-state index contributed by atoms with van der Waals surface area (Å²) in [6.07, 6.45) is 13.7. The minimum Gasteiger partial charge on any atom is -0.393 e. The van der Waals surface area contributed by atoms with Gasteiger partial charge in [-0.3, -0.25) is 4.79 Å². The molecule has 2 heteroatoms. The van der Waals surface area contributed by atoms with E-state index in [-0.39, 0.29) is 6.10 Å². The summed E-state index contributed by atoms with van der Waals surface area (Å²) in [5, 5.41) is 10.2. The van der Waals surface area contributed by atoms with Gasteiger partial charge < -0.3 is 5.11 Å². The maximum Gasteiger partial charge on any atom is 0.133 e. The first kappa shape index (κ1) is 21.6. The van der Waals surface area contributed by atoms with Crippen LogP contribution in [-0.4, -0.2) is 17.0 Å². The van der Waals surface area contributed by atoms with Crippen LogP contribution >= 0.6 is 0 Å². The minimum absolute atomic E-state index is 0.111. The molecule has 0 aromatic rings. The third-order valence-corrected chi connectivity index (χ3v) is 10.0. The first-order valence-corrected chi connectivity index (χ1v) is 12.5. The van der Waals surface area contributed by atoms with Crippen LogP contribution in [0, 0.1) is 46.3 Å². The van der Waals surface area contributed by atoms with Gasteiger partial charge in [0.2, 0.25) is 0 Å². The fraction of sp³-hybridized carbons (Fsp3) is 0.889. The summed E-state index contributed by atoms with van der Waals surface area (Å²) in [5.41, 5.74) is 2.33. The lowest BCUT2D eigenvalue weighted by atomic mass is 9.47. The van der Waals surface area contributed by atoms with E-state index in [0.29, 0.717) is 28.4 Å². The highest BCUT2D eigenvalue weighted by molar-refractivity contribution is 5.78. The first-order valence-electron chi connectivity index (χ1n) is 12.5. The van der Waals surface area contributed by atoms with Crippen molar-refractivity contribution in [2.24, 2.45) is 46.3 Å². The molecule has 8 atom stereocenters. The molecule has 0 bridgehead atoms. The van der Waals surface area contributed by atoms with Crippen molar-refractivity contribution in [2.45, 2.75) is 105 Å². The molecule has 3 saturated carbocycles. The van der Waals surface area contributed by atoms with E-state index in [1.807, 2.05) is 0 Å². The van der Waals surface area contributed by atoms with Crippen LogP contribution in [0.5, 0.6) is 0 Å². The van der Waals surface area contributed by atoms with Crippen LogP contribution in [0.2, 0.25) is 0 Å². The molecule has 0 aliphatic heterocycles. The molecule has 0 amide bonds. The number of carbonyl (C=O) groups is 1. The van der Waals surface area contributed by atoms with Crippen LogP contribution in [0.4, 0.5) is 0 Å². The zero-order valence-corrected chi connectivity index (χ0v) is 19.5. The Kier molecular flexibility index (Phi) is 5.82. The number of ketones is 1. The SMILES string of the molecule is CC(C)CC(=O)C[C@@H](C)[C@H]1CC[C@H]2[C@@H]3CC=C4C[C@@H](O)CC[C@]4(C)[C@H]3CC[C@]12C. The van der Waals surface area contributed by atoms with Gasteiger partial charge in [-0.1, -0.05) is 46.3 Å². The highest BCUT2D eigenvalue weighted by Gasteiger charge is 2.59. The summed E-state index contributed by atoms with van der Waals surface area (Å²) >= 11 is 0. The van der Waals surface area contributed by atoms with Crippen molar-refractivity contribution >= 4 is 5.78 Å². The van der Waals surface area contributed by atoms with E-state index >= 15 is 0 Å². The molecule has 0 radical (unpaired) electrons. The van der Waals surface area contributed by atoms with E-state index in [0.717, 1.165) is 49.4 Å². The Morgan fingerprint density at radius 3 is 2.55 bits per heavy atom. The number of fused-ring (bicyclic) bond motifs is 5. The van der Waals surface area contributed by atoms with Gasteiger partial charge in [0.25, 0.3) is 0 Å². The van der Waals surface area contributed by atoms with Crippen molar-refractivity contribution in [3.05, 3.63) is 11.6 Å². The second-order valence-corrected chi connectivity index (χ2v) is 12.2. The second-order valence-electron chi connectivity index (χ2n) is 12.2. The lowest BCUT2D eigenvalue weighted by molar-refractivity contribution is -0.121. The summed E-state index contributed by atoms with van der Waals surface area (Å²) in [6, 6.07) is 0. The third-order valence-electron chi connectivity index (χ3n) is 10.0. The van der Waals surface area contributed by atoms with Crippen molar-refractivity contribution in [3.8, 4) is 0 Å². The average molecular weight is 401 g/mol. The van der Waals surface area contributed by atoms with Crippen molar-refractivity contribution in [3.63, 3.8) is 0 Å². The smallest absolute Gasteiger partial charge is 0.133 e. The van der Waals surface area contributed by atoms with Gasteiger partial charge in [-0.2, -0.15) is 0 Å². The Morgan fingerprint density at radius 1 is 1.07 bits per heavy atom. The molecule has 4 aliphatic carbocycles. The molecule has 0 unspecified atom stereocenters. The highest BCUT2D eigenvalue weighted by atomic mass is 16.3. The number of hydrogen-bond acceptors (Lipinski definition) is 2. The molecule has 0 heterocycles. The third kappa shape index (κ3) is 3.66. The van der Waals surface area contributed by atoms with E-state index in [1.165, 1.54) is 38.5 Å². The van der Waals surface area contributed by atoms with Crippen LogP contribution in [0.15, 0.2) is 11.6 Å². The van der Waals surface area contributed by atoms with Crippen LogP contribution in [-0.2, 0) is 4.79 Å². The summed E-state index contributed by atoms with van der Waals surface area (Å²) < 4.78 is 0. The van der Waals surface area contributed by atoms with E-state index in [1.54, 1.807) is 5.57 Å². The number of allylic oxidation sites excluding steroid dienone is 1. The largest absolute Gasteiger partial charge is 0.393 e. The fourth-order valence-corrected chi connectivity index (χ4v) is 8.66. The maximum atomic E-state index is 12.5. The summed E-state index contributed by atoms with van der Waals surface area (Å²) in [6.45, 7) is 11.8. The number of rotatable bonds is 5. The molecular weight excluding hydrogens is 356 g/mol. The Labute approximate surface area is 178 Å². The van der Waals surface area contributed by atoms with Crippen LogP contribution < -0.4 is 0 Å². The van der Waals surface area contributed by atoms with Crippen LogP contribution in [0.25, 0.3) is 0 Å². The Hall–Kier alpha value is -0.630. The molecule has 164 valence electrons. The van der Waals surface area contributed by atoms with Crippen molar-refractivity contribution in [2.75, 3.05) is 0 Å². The predicted octanol–water partition coefficient (Wildman–Crippen LogP) is 6.57. The number of carbonyl (C=O) groups excluding carboxylic acids is 1. The lowest BCUT2D eigenvalue weighted by Crippen LogP contribution is -2.50. The maximum absolute atomic E-state index is 12.5. The molecule has 0 aromatic carbocycles. The van der Waals surface area contributed by atoms with Crippen molar-refractivity contribution in [1.29, 1.82) is 0 Å². The van der Waals surface area contributed by atoms with E-state index < -0.39 is 0 Å². The zero-order chi connectivity index (χ0) is 21.0. The van der Waals surface area contributed by atoms with Gasteiger partial charge >= 0.3 is 0 Å². The number of aliphatic hydroxyl groups excluding tert-OH is 1. The van der Waals surface area contributed by atoms with E-state index in [2.05, 4.69) is 40.7 Å². The molecule has 0 saturated heterocycles. The Bertz CT molecular complexity index is 663. The Morgan fingerprint density at radius 2 is 1.83 bits per heavy atom. The van der Waals surface area contributed by atoms with E-state index in [9.17, 15) is 9.90 Å². The zero-order valence-electron chi connectivity index (χ0n) is 19.5. The Balaban J connectivity index is 1.51. The van der Waals surface area contributed by atoms with Crippen LogP contribution in [0.1, 0.15) is 98.8 Å². The molecule has 0 spiro atoms. The van der Waals surface area contributed by atoms with Gasteiger partial charge in [-0.05, 0) is 97.7 Å². The number of Topliss-reactive ketones (excluding diaryl/α,β-unsaturated/α-hetero) is 1. The van der Waals surface area contributed by atoms with Gasteiger partial charge in [0.15, 0.2) is 0 Å². The summed E-state index contributed by atoms with van der Waals surface area (Å²) in [5.74, 6) is 4.67. The van der Waals surface area contributed by atoms with Gasteiger partial charge in [0.05, 0.1) is 6.10 Å². The van der Waals surface area contributed by atoms with Gasteiger partial charge in [0.1, 0.15) is 5.78 Å². The molecule has 4 rings (SSSR count). The molecule has 2 nitrogen and oxygen atoms in total.